The van der Waals surface area contributed by atoms with Gasteiger partial charge in [0, 0.05) is 29.8 Å². The molecule has 0 amide bonds. The van der Waals surface area contributed by atoms with E-state index in [1.165, 1.54) is 0 Å². The number of aryl methyl sites for hydroxylation is 1. The zero-order chi connectivity index (χ0) is 18.8. The van der Waals surface area contributed by atoms with Gasteiger partial charge in [-0.05, 0) is 38.9 Å². The fraction of sp³-hybridized carbons (Fsp3) is 0.400. The van der Waals surface area contributed by atoms with E-state index in [1.54, 1.807) is 18.3 Å². The molecule has 28 heavy (non-hydrogen) atoms. The van der Waals surface area contributed by atoms with Gasteiger partial charge in [0.2, 0.25) is 0 Å². The Labute approximate surface area is 168 Å². The highest BCUT2D eigenvalue weighted by molar-refractivity contribution is 5.85. The van der Waals surface area contributed by atoms with Crippen LogP contribution >= 0.6 is 12.4 Å². The number of imidazole rings is 1. The first-order valence-corrected chi connectivity index (χ1v) is 9.18. The predicted molar refractivity (Wildman–Crippen MR) is 106 cm³/mol. The van der Waals surface area contributed by atoms with Gasteiger partial charge in [-0.2, -0.15) is 8.78 Å². The van der Waals surface area contributed by atoms with Crippen LogP contribution in [0.3, 0.4) is 0 Å². The Morgan fingerprint density at radius 3 is 2.75 bits per heavy atom. The van der Waals surface area contributed by atoms with Gasteiger partial charge < -0.3 is 14.5 Å². The maximum atomic E-state index is 12.7. The van der Waals surface area contributed by atoms with Gasteiger partial charge in [-0.3, -0.25) is 4.98 Å². The first-order valence-electron chi connectivity index (χ1n) is 9.18. The summed E-state index contributed by atoms with van der Waals surface area (Å²) in [5.41, 5.74) is 4.37. The maximum Gasteiger partial charge on any atom is 0.387 e. The quantitative estimate of drug-likeness (QED) is 0.690. The number of hydrogen-bond acceptors (Lipinski definition) is 4. The van der Waals surface area contributed by atoms with Gasteiger partial charge in [0.1, 0.15) is 5.75 Å². The molecule has 150 valence electrons. The summed E-state index contributed by atoms with van der Waals surface area (Å²) in [7, 11) is 0. The summed E-state index contributed by atoms with van der Waals surface area (Å²) in [6.45, 7) is 1.09. The van der Waals surface area contributed by atoms with E-state index in [4.69, 9.17) is 0 Å². The van der Waals surface area contributed by atoms with Crippen molar-refractivity contribution in [1.29, 1.82) is 0 Å². The Morgan fingerprint density at radius 2 is 2.00 bits per heavy atom. The minimum atomic E-state index is -2.84. The van der Waals surface area contributed by atoms with Crippen molar-refractivity contribution in [2.75, 3.05) is 13.1 Å². The molecule has 0 saturated carbocycles. The smallest absolute Gasteiger partial charge is 0.387 e. The van der Waals surface area contributed by atoms with Gasteiger partial charge in [0.15, 0.2) is 5.65 Å². The minimum absolute atomic E-state index is 0. The van der Waals surface area contributed by atoms with Gasteiger partial charge >= 0.3 is 6.61 Å². The molecule has 1 aromatic carbocycles. The summed E-state index contributed by atoms with van der Waals surface area (Å²) in [6.07, 6.45) is 6.44. The average Bonchev–Trinajstić information content (AvgIpc) is 2.98. The number of fused-ring (bicyclic) bond motifs is 1. The van der Waals surface area contributed by atoms with Crippen molar-refractivity contribution < 1.29 is 13.5 Å². The van der Waals surface area contributed by atoms with E-state index < -0.39 is 6.61 Å². The molecule has 8 heteroatoms. The molecule has 2 aromatic heterocycles. The molecular formula is C20H23ClF2N4O. The zero-order valence-corrected chi connectivity index (χ0v) is 16.4. The van der Waals surface area contributed by atoms with E-state index in [9.17, 15) is 8.78 Å². The number of halogens is 3. The van der Waals surface area contributed by atoms with Crippen molar-refractivity contribution in [3.05, 3.63) is 59.3 Å². The number of aromatic nitrogens is 3. The molecule has 1 saturated heterocycles. The topological polar surface area (TPSA) is 51.5 Å². The second kappa shape index (κ2) is 8.84. The summed E-state index contributed by atoms with van der Waals surface area (Å²) in [6, 6.07) is 6.91. The van der Waals surface area contributed by atoms with Crippen molar-refractivity contribution in [3.63, 3.8) is 0 Å². The lowest BCUT2D eigenvalue weighted by Gasteiger charge is -2.22. The van der Waals surface area contributed by atoms with E-state index in [-0.39, 0.29) is 18.2 Å². The summed E-state index contributed by atoms with van der Waals surface area (Å²) in [5, 5.41) is 3.37. The van der Waals surface area contributed by atoms with Gasteiger partial charge in [-0.25, -0.2) is 4.98 Å². The van der Waals surface area contributed by atoms with Crippen molar-refractivity contribution in [2.45, 2.75) is 38.7 Å². The Hall–Kier alpha value is -2.25. The van der Waals surface area contributed by atoms with Gasteiger partial charge in [0.05, 0.1) is 17.6 Å². The number of piperidine rings is 1. The van der Waals surface area contributed by atoms with E-state index in [0.717, 1.165) is 48.7 Å². The van der Waals surface area contributed by atoms with Crippen LogP contribution in [-0.4, -0.2) is 34.1 Å². The molecule has 0 bridgehead atoms. The number of benzene rings is 1. The van der Waals surface area contributed by atoms with Crippen LogP contribution in [0.2, 0.25) is 0 Å². The molecule has 1 aliphatic rings. The molecule has 0 aliphatic carbocycles. The highest BCUT2D eigenvalue weighted by atomic mass is 35.5. The number of nitrogens with zero attached hydrogens (tertiary/aromatic N) is 3. The summed E-state index contributed by atoms with van der Waals surface area (Å²) in [4.78, 5) is 9.20. The van der Waals surface area contributed by atoms with Gasteiger partial charge in [-0.15, -0.1) is 12.4 Å². The molecule has 3 heterocycles. The number of rotatable bonds is 5. The third-order valence-corrected chi connectivity index (χ3v) is 5.13. The van der Waals surface area contributed by atoms with E-state index in [0.29, 0.717) is 17.9 Å². The highest BCUT2D eigenvalue weighted by Gasteiger charge is 2.19. The third kappa shape index (κ3) is 4.25. The summed E-state index contributed by atoms with van der Waals surface area (Å²) >= 11 is 0. The number of nitrogens with one attached hydrogen (secondary N) is 1. The minimum Gasteiger partial charge on any atom is -0.435 e. The monoisotopic (exact) mass is 408 g/mol. The molecule has 0 atom stereocenters. The van der Waals surface area contributed by atoms with Crippen LogP contribution in [0.15, 0.2) is 36.7 Å². The van der Waals surface area contributed by atoms with Crippen molar-refractivity contribution in [2.24, 2.45) is 0 Å². The van der Waals surface area contributed by atoms with Crippen molar-refractivity contribution in [1.82, 2.24) is 19.7 Å². The van der Waals surface area contributed by atoms with Crippen LogP contribution in [0.1, 0.15) is 41.4 Å². The third-order valence-electron chi connectivity index (χ3n) is 5.13. The molecule has 1 N–H and O–H groups in total. The lowest BCUT2D eigenvalue weighted by molar-refractivity contribution is -0.0503. The largest absolute Gasteiger partial charge is 0.435 e. The van der Waals surface area contributed by atoms with Crippen LogP contribution in [0.4, 0.5) is 8.78 Å². The first kappa shape index (κ1) is 20.5. The van der Waals surface area contributed by atoms with Crippen LogP contribution in [0.25, 0.3) is 5.65 Å². The molecule has 0 radical (unpaired) electrons. The average molecular weight is 409 g/mol. The molecule has 0 spiro atoms. The van der Waals surface area contributed by atoms with Crippen molar-refractivity contribution >= 4 is 18.1 Å². The Morgan fingerprint density at radius 1 is 1.25 bits per heavy atom. The second-order valence-corrected chi connectivity index (χ2v) is 6.87. The fourth-order valence-corrected chi connectivity index (χ4v) is 3.72. The van der Waals surface area contributed by atoms with Crippen LogP contribution in [0.5, 0.6) is 5.75 Å². The molecule has 1 aliphatic heterocycles. The molecule has 0 unspecified atom stereocenters. The number of alkyl halides is 2. The van der Waals surface area contributed by atoms with Crippen molar-refractivity contribution in [3.8, 4) is 5.75 Å². The molecule has 1 fully saturated rings. The SMILES string of the molecule is Cc1nc2cnc(C3CCNCC3)cn2c1Cc1ccccc1OC(F)F.Cl. The normalized spacial score (nSPS) is 15.0. The summed E-state index contributed by atoms with van der Waals surface area (Å²) < 4.78 is 32.2. The lowest BCUT2D eigenvalue weighted by atomic mass is 9.95. The molecule has 4 rings (SSSR count). The number of hydrogen-bond donors (Lipinski definition) is 1. The summed E-state index contributed by atoms with van der Waals surface area (Å²) in [5.74, 6) is 0.634. The van der Waals surface area contributed by atoms with Gasteiger partial charge in [0.25, 0.3) is 0 Å². The molecule has 5 nitrogen and oxygen atoms in total. The first-order chi connectivity index (χ1) is 13.1. The number of ether oxygens (including phenoxy) is 1. The highest BCUT2D eigenvalue weighted by Crippen LogP contribution is 2.27. The van der Waals surface area contributed by atoms with E-state index >= 15 is 0 Å². The second-order valence-electron chi connectivity index (χ2n) is 6.87. The van der Waals surface area contributed by atoms with Crippen LogP contribution < -0.4 is 10.1 Å². The predicted octanol–water partition coefficient (Wildman–Crippen LogP) is 4.12. The Balaban J connectivity index is 0.00000225. The maximum absolute atomic E-state index is 12.7. The molecular weight excluding hydrogens is 386 g/mol. The van der Waals surface area contributed by atoms with Crippen LogP contribution in [0, 0.1) is 6.92 Å². The molecule has 3 aromatic rings. The van der Waals surface area contributed by atoms with E-state index in [1.807, 2.05) is 23.5 Å². The zero-order valence-electron chi connectivity index (χ0n) is 15.6. The Bertz CT molecular complexity index is 941. The lowest BCUT2D eigenvalue weighted by Crippen LogP contribution is -2.27. The number of para-hydroxylation sites is 1. The van der Waals surface area contributed by atoms with Gasteiger partial charge in [-0.1, -0.05) is 18.2 Å². The fourth-order valence-electron chi connectivity index (χ4n) is 3.72. The Kier molecular flexibility index (Phi) is 6.46. The van der Waals surface area contributed by atoms with E-state index in [2.05, 4.69) is 26.2 Å². The standard InChI is InChI=1S/C20H22F2N4O.ClH/c1-13-17(10-15-4-2-3-5-18(15)27-20(21)22)26-12-16(24-11-19(26)25-13)14-6-8-23-9-7-14;/h2-5,11-12,14,20,23H,6-10H2,1H3;1H. The van der Waals surface area contributed by atoms with Crippen LogP contribution in [-0.2, 0) is 6.42 Å².